The lowest BCUT2D eigenvalue weighted by Crippen LogP contribution is -2.53. The average Bonchev–Trinajstić information content (AvgIpc) is 1.98. The van der Waals surface area contributed by atoms with E-state index in [0.29, 0.717) is 4.90 Å². The molecule has 1 amide bonds. The van der Waals surface area contributed by atoms with Gasteiger partial charge in [-0.15, -0.1) is 0 Å². The molecule has 0 radical (unpaired) electrons. The van der Waals surface area contributed by atoms with Gasteiger partial charge in [0.15, 0.2) is 0 Å². The summed E-state index contributed by atoms with van der Waals surface area (Å²) in [5.41, 5.74) is 4.17. The highest BCUT2D eigenvalue weighted by atomic mass is 16.4. The van der Waals surface area contributed by atoms with Crippen LogP contribution < -0.4 is 5.73 Å². The quantitative estimate of drug-likeness (QED) is 0.528. The third-order valence-electron chi connectivity index (χ3n) is 1.49. The van der Waals surface area contributed by atoms with Crippen LogP contribution in [0.1, 0.15) is 13.8 Å². The van der Waals surface area contributed by atoms with E-state index in [-0.39, 0.29) is 0 Å². The molecule has 15 heavy (non-hydrogen) atoms. The minimum absolute atomic E-state index is 0.675. The van der Waals surface area contributed by atoms with Crippen LogP contribution in [-0.4, -0.2) is 51.6 Å². The van der Waals surface area contributed by atoms with Crippen LogP contribution in [0, 0.1) is 0 Å². The average molecular weight is 218 g/mol. The fourth-order valence-electron chi connectivity index (χ4n) is 0.934. The Kier molecular flexibility index (Phi) is 4.22. The summed E-state index contributed by atoms with van der Waals surface area (Å²) < 4.78 is 0. The largest absolute Gasteiger partial charge is 0.480 e. The maximum absolute atomic E-state index is 11.5. The summed E-state index contributed by atoms with van der Waals surface area (Å²) >= 11 is 0. The maximum atomic E-state index is 11.5. The molecular weight excluding hydrogens is 204 g/mol. The summed E-state index contributed by atoms with van der Waals surface area (Å²) in [6.07, 6.45) is 0. The van der Waals surface area contributed by atoms with Gasteiger partial charge in [0.2, 0.25) is 5.91 Å². The molecule has 0 saturated heterocycles. The summed E-state index contributed by atoms with van der Waals surface area (Å²) in [6, 6.07) is 0. The Bertz CT molecular complexity index is 265. The van der Waals surface area contributed by atoms with Gasteiger partial charge in [-0.2, -0.15) is 0 Å². The molecule has 0 bridgehead atoms. The van der Waals surface area contributed by atoms with Crippen LogP contribution >= 0.6 is 0 Å². The number of rotatable bonds is 5. The molecule has 0 spiro atoms. The maximum Gasteiger partial charge on any atom is 0.323 e. The number of carbonyl (C=O) groups excluding carboxylic acids is 1. The molecule has 4 N–H and O–H groups in total. The Hall–Kier alpha value is -1.63. The molecule has 7 heteroatoms. The van der Waals surface area contributed by atoms with Gasteiger partial charge in [-0.1, -0.05) is 0 Å². The van der Waals surface area contributed by atoms with Crippen molar-refractivity contribution in [2.75, 3.05) is 13.1 Å². The van der Waals surface area contributed by atoms with E-state index >= 15 is 0 Å². The highest BCUT2D eigenvalue weighted by Gasteiger charge is 2.30. The molecule has 0 fully saturated rings. The summed E-state index contributed by atoms with van der Waals surface area (Å²) in [6.45, 7) is 1.41. The zero-order chi connectivity index (χ0) is 12.2. The zero-order valence-corrected chi connectivity index (χ0v) is 8.56. The van der Waals surface area contributed by atoms with Gasteiger partial charge in [-0.05, 0) is 13.8 Å². The van der Waals surface area contributed by atoms with Gasteiger partial charge >= 0.3 is 11.9 Å². The van der Waals surface area contributed by atoms with Gasteiger partial charge in [0, 0.05) is 0 Å². The minimum atomic E-state index is -1.29. The minimum Gasteiger partial charge on any atom is -0.480 e. The van der Waals surface area contributed by atoms with Crippen LogP contribution in [0.15, 0.2) is 0 Å². The molecule has 0 aliphatic carbocycles. The van der Waals surface area contributed by atoms with E-state index in [0.717, 1.165) is 0 Å². The van der Waals surface area contributed by atoms with E-state index in [2.05, 4.69) is 0 Å². The van der Waals surface area contributed by atoms with Crippen LogP contribution in [0.3, 0.4) is 0 Å². The first-order chi connectivity index (χ1) is 6.64. The molecule has 0 aromatic rings. The fourth-order valence-corrected chi connectivity index (χ4v) is 0.934. The fraction of sp³-hybridized carbons (Fsp3) is 0.625. The monoisotopic (exact) mass is 218 g/mol. The predicted octanol–water partition coefficient (Wildman–Crippen LogP) is -1.28. The van der Waals surface area contributed by atoms with Gasteiger partial charge in [-0.25, -0.2) is 0 Å². The predicted molar refractivity (Wildman–Crippen MR) is 50.1 cm³/mol. The van der Waals surface area contributed by atoms with Gasteiger partial charge < -0.3 is 20.8 Å². The van der Waals surface area contributed by atoms with Crippen molar-refractivity contribution < 1.29 is 24.6 Å². The first-order valence-electron chi connectivity index (χ1n) is 4.16. The first-order valence-corrected chi connectivity index (χ1v) is 4.16. The second-order valence-corrected chi connectivity index (χ2v) is 3.67. The molecule has 86 valence electrons. The molecule has 0 heterocycles. The van der Waals surface area contributed by atoms with Crippen LogP contribution in [0.5, 0.6) is 0 Å². The molecule has 0 saturated carbocycles. The zero-order valence-electron chi connectivity index (χ0n) is 8.56. The van der Waals surface area contributed by atoms with Crippen molar-refractivity contribution >= 4 is 17.8 Å². The van der Waals surface area contributed by atoms with E-state index in [1.54, 1.807) is 0 Å². The van der Waals surface area contributed by atoms with Crippen molar-refractivity contribution in [2.24, 2.45) is 5.73 Å². The van der Waals surface area contributed by atoms with E-state index in [4.69, 9.17) is 15.9 Å². The second kappa shape index (κ2) is 4.74. The molecule has 7 nitrogen and oxygen atoms in total. The van der Waals surface area contributed by atoms with Crippen LogP contribution in [-0.2, 0) is 14.4 Å². The molecule has 0 aromatic heterocycles. The highest BCUT2D eigenvalue weighted by Crippen LogP contribution is 2.04. The Morgan fingerprint density at radius 2 is 1.47 bits per heavy atom. The SMILES string of the molecule is CC(C)(N)C(=O)N(CC(=O)O)CC(=O)O. The Balaban J connectivity index is 4.70. The number of hydrogen-bond acceptors (Lipinski definition) is 4. The summed E-state index contributed by atoms with van der Waals surface area (Å²) in [4.78, 5) is 33.0. The van der Waals surface area contributed by atoms with Gasteiger partial charge in [0.05, 0.1) is 5.54 Å². The smallest absolute Gasteiger partial charge is 0.323 e. The molecule has 0 rings (SSSR count). The molecule has 0 unspecified atom stereocenters. The summed E-state index contributed by atoms with van der Waals surface area (Å²) in [7, 11) is 0. The first kappa shape index (κ1) is 13.4. The Labute approximate surface area is 86.5 Å². The van der Waals surface area contributed by atoms with Crippen molar-refractivity contribution in [1.82, 2.24) is 4.90 Å². The number of nitrogens with zero attached hydrogens (tertiary/aromatic N) is 1. The van der Waals surface area contributed by atoms with Crippen molar-refractivity contribution in [2.45, 2.75) is 19.4 Å². The van der Waals surface area contributed by atoms with Gasteiger partial charge in [0.1, 0.15) is 13.1 Å². The number of hydrogen-bond donors (Lipinski definition) is 3. The van der Waals surface area contributed by atoms with E-state index in [1.165, 1.54) is 13.8 Å². The molecule has 0 aliphatic rings. The van der Waals surface area contributed by atoms with Gasteiger partial charge in [0.25, 0.3) is 0 Å². The topological polar surface area (TPSA) is 121 Å². The third-order valence-corrected chi connectivity index (χ3v) is 1.49. The number of carboxylic acid groups (broad SMARTS) is 2. The third kappa shape index (κ3) is 4.96. The standard InChI is InChI=1S/C8H14N2O5/c1-8(2,9)7(15)10(3-5(11)12)4-6(13)14/h3-4,9H2,1-2H3,(H,11,12)(H,13,14). The normalized spacial score (nSPS) is 10.9. The highest BCUT2D eigenvalue weighted by molar-refractivity contribution is 5.90. The van der Waals surface area contributed by atoms with Crippen molar-refractivity contribution in [3.8, 4) is 0 Å². The van der Waals surface area contributed by atoms with Gasteiger partial charge in [-0.3, -0.25) is 14.4 Å². The Morgan fingerprint density at radius 3 is 1.67 bits per heavy atom. The van der Waals surface area contributed by atoms with Crippen molar-refractivity contribution in [1.29, 1.82) is 0 Å². The lowest BCUT2D eigenvalue weighted by atomic mass is 10.1. The second-order valence-electron chi connectivity index (χ2n) is 3.67. The molecule has 0 atom stereocenters. The van der Waals surface area contributed by atoms with Crippen molar-refractivity contribution in [3.63, 3.8) is 0 Å². The van der Waals surface area contributed by atoms with Crippen LogP contribution in [0.25, 0.3) is 0 Å². The Morgan fingerprint density at radius 1 is 1.13 bits per heavy atom. The van der Waals surface area contributed by atoms with Crippen molar-refractivity contribution in [3.05, 3.63) is 0 Å². The lowest BCUT2D eigenvalue weighted by Gasteiger charge is -2.26. The number of amides is 1. The summed E-state index contributed by atoms with van der Waals surface area (Å²) in [5, 5.41) is 17.0. The molecule has 0 aromatic carbocycles. The van der Waals surface area contributed by atoms with E-state index in [9.17, 15) is 14.4 Å². The van der Waals surface area contributed by atoms with Crippen LogP contribution in [0.2, 0.25) is 0 Å². The van der Waals surface area contributed by atoms with Crippen LogP contribution in [0.4, 0.5) is 0 Å². The summed E-state index contributed by atoms with van der Waals surface area (Å²) in [5.74, 6) is -3.28. The number of aliphatic carboxylic acids is 2. The lowest BCUT2D eigenvalue weighted by molar-refractivity contribution is -0.151. The molecular formula is C8H14N2O5. The number of nitrogens with two attached hydrogens (primary N) is 1. The van der Waals surface area contributed by atoms with E-state index in [1.807, 2.05) is 0 Å². The number of carbonyl (C=O) groups is 3. The number of carboxylic acids is 2. The van der Waals surface area contributed by atoms with E-state index < -0.39 is 36.5 Å². The molecule has 0 aliphatic heterocycles.